The Bertz CT molecular complexity index is 695. The maximum absolute atomic E-state index is 9.69. The highest BCUT2D eigenvalue weighted by Crippen LogP contribution is 2.41. The van der Waals surface area contributed by atoms with Gasteiger partial charge in [-0.1, -0.05) is 31.5 Å². The molecule has 0 amide bonds. The Labute approximate surface area is 135 Å². The summed E-state index contributed by atoms with van der Waals surface area (Å²) in [6, 6.07) is 10.4. The second-order valence-electron chi connectivity index (χ2n) is 5.02. The van der Waals surface area contributed by atoms with Crippen LogP contribution >= 0.6 is 11.8 Å². The van der Waals surface area contributed by atoms with E-state index in [1.165, 1.54) is 6.20 Å². The second-order valence-corrected chi connectivity index (χ2v) is 5.86. The van der Waals surface area contributed by atoms with Crippen molar-refractivity contribution in [3.05, 3.63) is 52.9 Å². The topological polar surface area (TPSA) is 88.2 Å². The maximum Gasteiger partial charge on any atom is 0.129 e. The van der Waals surface area contributed by atoms with Crippen LogP contribution in [0.1, 0.15) is 31.2 Å². The molecule has 4 nitrogen and oxygen atoms in total. The van der Waals surface area contributed by atoms with Gasteiger partial charge in [0.25, 0.3) is 0 Å². The Morgan fingerprint density at radius 2 is 2.14 bits per heavy atom. The number of aliphatic imine (C=N–C) groups is 1. The predicted octanol–water partition coefficient (Wildman–Crippen LogP) is 3.28. The van der Waals surface area contributed by atoms with Crippen LogP contribution in [0, 0.1) is 11.3 Å². The molecule has 0 aliphatic carbocycles. The molecule has 0 aromatic heterocycles. The van der Waals surface area contributed by atoms with Gasteiger partial charge in [-0.05, 0) is 24.3 Å². The van der Waals surface area contributed by atoms with Crippen molar-refractivity contribution >= 4 is 17.6 Å². The Morgan fingerprint density at radius 3 is 2.73 bits per heavy atom. The minimum absolute atomic E-state index is 0.238. The summed E-state index contributed by atoms with van der Waals surface area (Å²) in [5.41, 5.74) is 15.1. The van der Waals surface area contributed by atoms with Gasteiger partial charge in [0.05, 0.1) is 23.3 Å². The molecule has 0 saturated heterocycles. The third-order valence-corrected chi connectivity index (χ3v) is 4.51. The van der Waals surface area contributed by atoms with Crippen molar-refractivity contribution in [3.63, 3.8) is 0 Å². The first-order valence-corrected chi connectivity index (χ1v) is 8.42. The Hall–Kier alpha value is -2.19. The number of benzene rings is 1. The van der Waals surface area contributed by atoms with Crippen LogP contribution < -0.4 is 11.5 Å². The molecular weight excluding hydrogens is 292 g/mol. The summed E-state index contributed by atoms with van der Waals surface area (Å²) in [5.74, 6) is 0.170. The van der Waals surface area contributed by atoms with Crippen LogP contribution in [0.3, 0.4) is 0 Å². The molecule has 4 N–H and O–H groups in total. The highest BCUT2D eigenvalue weighted by molar-refractivity contribution is 7.98. The number of nitrogens with two attached hydrogens (primary N) is 2. The highest BCUT2D eigenvalue weighted by Gasteiger charge is 2.31. The SMILES string of the molecule is CCCC1=C(C#N)C(c2ccccc2SC)/C(=C/N)C(N)=N1. The fourth-order valence-corrected chi connectivity index (χ4v) is 3.34. The van der Waals surface area contributed by atoms with Crippen molar-refractivity contribution in [2.75, 3.05) is 6.26 Å². The number of thioether (sulfide) groups is 1. The van der Waals surface area contributed by atoms with E-state index >= 15 is 0 Å². The lowest BCUT2D eigenvalue weighted by atomic mass is 9.81. The van der Waals surface area contributed by atoms with Gasteiger partial charge in [-0.3, -0.25) is 0 Å². The maximum atomic E-state index is 9.69. The number of hydrogen-bond donors (Lipinski definition) is 2. The molecule has 0 fully saturated rings. The molecule has 1 atom stereocenters. The van der Waals surface area contributed by atoms with Crippen molar-refractivity contribution in [1.82, 2.24) is 0 Å². The van der Waals surface area contributed by atoms with E-state index in [2.05, 4.69) is 18.0 Å². The Balaban J connectivity index is 2.69. The first kappa shape index (κ1) is 16.2. The molecule has 1 heterocycles. The largest absolute Gasteiger partial charge is 0.404 e. The molecule has 1 aromatic carbocycles. The van der Waals surface area contributed by atoms with Crippen LogP contribution in [0.4, 0.5) is 0 Å². The highest BCUT2D eigenvalue weighted by atomic mass is 32.2. The van der Waals surface area contributed by atoms with Gasteiger partial charge in [0.15, 0.2) is 0 Å². The minimum atomic E-state index is -0.238. The van der Waals surface area contributed by atoms with E-state index in [4.69, 9.17) is 11.5 Å². The smallest absolute Gasteiger partial charge is 0.129 e. The summed E-state index contributed by atoms with van der Waals surface area (Å²) >= 11 is 1.65. The number of rotatable bonds is 4. The van der Waals surface area contributed by atoms with Gasteiger partial charge in [0, 0.05) is 16.7 Å². The van der Waals surface area contributed by atoms with Crippen molar-refractivity contribution in [3.8, 4) is 6.07 Å². The van der Waals surface area contributed by atoms with Crippen LogP contribution in [-0.4, -0.2) is 12.1 Å². The molecule has 1 aliphatic heterocycles. The molecule has 1 unspecified atom stereocenters. The van der Waals surface area contributed by atoms with E-state index < -0.39 is 0 Å². The molecule has 0 spiro atoms. The van der Waals surface area contributed by atoms with Gasteiger partial charge in [0.2, 0.25) is 0 Å². The van der Waals surface area contributed by atoms with Crippen molar-refractivity contribution in [2.45, 2.75) is 30.6 Å². The summed E-state index contributed by atoms with van der Waals surface area (Å²) < 4.78 is 0. The molecule has 1 aliphatic rings. The average Bonchev–Trinajstić information content (AvgIpc) is 2.54. The first-order valence-electron chi connectivity index (χ1n) is 7.20. The molecule has 5 heteroatoms. The number of nitriles is 1. The molecular formula is C17H20N4S. The normalized spacial score (nSPS) is 20.0. The van der Waals surface area contributed by atoms with Crippen molar-refractivity contribution < 1.29 is 0 Å². The summed E-state index contributed by atoms with van der Waals surface area (Å²) in [5, 5.41) is 9.69. The van der Waals surface area contributed by atoms with E-state index in [1.54, 1.807) is 11.8 Å². The van der Waals surface area contributed by atoms with E-state index in [0.717, 1.165) is 29.0 Å². The molecule has 22 heavy (non-hydrogen) atoms. The summed E-state index contributed by atoms with van der Waals surface area (Å²) in [4.78, 5) is 5.52. The first-order chi connectivity index (χ1) is 10.7. The molecule has 0 radical (unpaired) electrons. The zero-order chi connectivity index (χ0) is 16.1. The molecule has 114 valence electrons. The fraction of sp³-hybridized carbons (Fsp3) is 0.294. The zero-order valence-corrected chi connectivity index (χ0v) is 13.7. The third-order valence-electron chi connectivity index (χ3n) is 3.70. The quantitative estimate of drug-likeness (QED) is 0.835. The van der Waals surface area contributed by atoms with E-state index in [0.29, 0.717) is 17.0 Å². The van der Waals surface area contributed by atoms with Gasteiger partial charge in [-0.15, -0.1) is 11.8 Å². The van der Waals surface area contributed by atoms with Crippen LogP contribution in [0.5, 0.6) is 0 Å². The number of nitrogens with zero attached hydrogens (tertiary/aromatic N) is 2. The van der Waals surface area contributed by atoms with E-state index in [9.17, 15) is 5.26 Å². The van der Waals surface area contributed by atoms with Gasteiger partial charge in [-0.25, -0.2) is 4.99 Å². The summed E-state index contributed by atoms with van der Waals surface area (Å²) in [6.07, 6.45) is 5.14. The van der Waals surface area contributed by atoms with Crippen LogP contribution in [0.25, 0.3) is 0 Å². The summed E-state index contributed by atoms with van der Waals surface area (Å²) in [7, 11) is 0. The average molecular weight is 312 g/mol. The van der Waals surface area contributed by atoms with Gasteiger partial charge in [0.1, 0.15) is 5.84 Å². The molecule has 1 aromatic rings. The standard InChI is InChI=1S/C17H20N4S/c1-3-6-14-12(9-18)16(13(10-19)17(20)21-14)11-7-4-5-8-15(11)22-2/h4-5,7-8,10,16H,3,6,19H2,1-2H3,(H2,20,21)/b13-10-. The molecule has 2 rings (SSSR count). The zero-order valence-electron chi connectivity index (χ0n) is 12.8. The lowest BCUT2D eigenvalue weighted by Gasteiger charge is -2.27. The molecule has 0 bridgehead atoms. The molecule has 0 saturated carbocycles. The van der Waals surface area contributed by atoms with Gasteiger partial charge >= 0.3 is 0 Å². The van der Waals surface area contributed by atoms with Crippen molar-refractivity contribution in [2.24, 2.45) is 16.5 Å². The third kappa shape index (κ3) is 2.88. The van der Waals surface area contributed by atoms with E-state index in [-0.39, 0.29) is 5.92 Å². The number of allylic oxidation sites excluding steroid dienone is 2. The second kappa shape index (κ2) is 7.19. The van der Waals surface area contributed by atoms with Crippen molar-refractivity contribution in [1.29, 1.82) is 5.26 Å². The minimum Gasteiger partial charge on any atom is -0.404 e. The number of hydrogen-bond acceptors (Lipinski definition) is 5. The summed E-state index contributed by atoms with van der Waals surface area (Å²) in [6.45, 7) is 2.06. The lowest BCUT2D eigenvalue weighted by molar-refractivity contribution is 0.829. The van der Waals surface area contributed by atoms with Crippen LogP contribution in [0.15, 0.2) is 57.2 Å². The van der Waals surface area contributed by atoms with Crippen LogP contribution in [0.2, 0.25) is 0 Å². The van der Waals surface area contributed by atoms with E-state index in [1.807, 2.05) is 30.5 Å². The lowest BCUT2D eigenvalue weighted by Crippen LogP contribution is -2.27. The van der Waals surface area contributed by atoms with Gasteiger partial charge < -0.3 is 11.5 Å². The van der Waals surface area contributed by atoms with Crippen LogP contribution in [-0.2, 0) is 0 Å². The van der Waals surface area contributed by atoms with Gasteiger partial charge in [-0.2, -0.15) is 5.26 Å². The fourth-order valence-electron chi connectivity index (χ4n) is 2.71. The Morgan fingerprint density at radius 1 is 1.41 bits per heavy atom. The number of amidine groups is 1. The Kier molecular flexibility index (Phi) is 5.29. The predicted molar refractivity (Wildman–Crippen MR) is 92.4 cm³/mol. The monoisotopic (exact) mass is 312 g/mol.